The van der Waals surface area contributed by atoms with Crippen LogP contribution in [0.25, 0.3) is 55.8 Å². The van der Waals surface area contributed by atoms with Crippen molar-refractivity contribution in [3.63, 3.8) is 0 Å². The molecule has 32 heavy (non-hydrogen) atoms. The minimum atomic E-state index is 0.686. The summed E-state index contributed by atoms with van der Waals surface area (Å²) in [5, 5.41) is 0.977. The van der Waals surface area contributed by atoms with Gasteiger partial charge in [0, 0.05) is 21.0 Å². The average molecular weight is 477 g/mol. The number of furan rings is 1. The molecule has 0 saturated heterocycles. The maximum atomic E-state index is 6.27. The largest absolute Gasteiger partial charge is 0.452 e. The van der Waals surface area contributed by atoms with Crippen LogP contribution in [0.15, 0.2) is 112 Å². The van der Waals surface area contributed by atoms with Crippen molar-refractivity contribution in [1.82, 2.24) is 9.97 Å². The summed E-state index contributed by atoms with van der Waals surface area (Å²) >= 11 is 3.54. The fourth-order valence-electron chi connectivity index (χ4n) is 3.98. The topological polar surface area (TPSA) is 38.9 Å². The van der Waals surface area contributed by atoms with E-state index >= 15 is 0 Å². The highest BCUT2D eigenvalue weighted by molar-refractivity contribution is 9.10. The van der Waals surface area contributed by atoms with Crippen molar-refractivity contribution in [3.8, 4) is 33.8 Å². The van der Waals surface area contributed by atoms with Crippen LogP contribution in [0.4, 0.5) is 0 Å². The maximum absolute atomic E-state index is 6.27. The van der Waals surface area contributed by atoms with Crippen LogP contribution in [0.5, 0.6) is 0 Å². The molecule has 0 unspecified atom stereocenters. The average Bonchev–Trinajstić information content (AvgIpc) is 3.22. The second kappa shape index (κ2) is 7.74. The standard InChI is InChI=1S/C28H17BrN2O/c29-22-15-16-23-24(17-22)32-27-25(30-28(31-26(23)27)21-9-5-2-6-10-21)20-13-11-19(12-14-20)18-7-3-1-4-8-18/h1-17H. The van der Waals surface area contributed by atoms with E-state index in [2.05, 4.69) is 64.5 Å². The molecule has 4 heteroatoms. The van der Waals surface area contributed by atoms with Crippen LogP contribution < -0.4 is 0 Å². The summed E-state index contributed by atoms with van der Waals surface area (Å²) in [4.78, 5) is 9.84. The smallest absolute Gasteiger partial charge is 0.180 e. The molecule has 0 bridgehead atoms. The highest BCUT2D eigenvalue weighted by Gasteiger charge is 2.18. The first kappa shape index (κ1) is 19.0. The van der Waals surface area contributed by atoms with Gasteiger partial charge in [-0.05, 0) is 29.3 Å². The summed E-state index contributed by atoms with van der Waals surface area (Å²) in [7, 11) is 0. The van der Waals surface area contributed by atoms with Crippen molar-refractivity contribution in [2.75, 3.05) is 0 Å². The lowest BCUT2D eigenvalue weighted by Gasteiger charge is -2.07. The van der Waals surface area contributed by atoms with Crippen LogP contribution in [0, 0.1) is 0 Å². The molecule has 0 aliphatic carbocycles. The second-order valence-electron chi connectivity index (χ2n) is 7.63. The first-order chi connectivity index (χ1) is 15.8. The van der Waals surface area contributed by atoms with E-state index < -0.39 is 0 Å². The van der Waals surface area contributed by atoms with Gasteiger partial charge < -0.3 is 4.42 Å². The summed E-state index contributed by atoms with van der Waals surface area (Å²) in [5.74, 6) is 0.686. The van der Waals surface area contributed by atoms with E-state index in [1.807, 2.05) is 54.6 Å². The first-order valence-electron chi connectivity index (χ1n) is 10.4. The van der Waals surface area contributed by atoms with Gasteiger partial charge >= 0.3 is 0 Å². The molecule has 0 radical (unpaired) electrons. The normalized spacial score (nSPS) is 11.3. The molecule has 4 aromatic carbocycles. The zero-order chi connectivity index (χ0) is 21.5. The lowest BCUT2D eigenvalue weighted by atomic mass is 10.0. The van der Waals surface area contributed by atoms with Crippen molar-refractivity contribution in [2.45, 2.75) is 0 Å². The van der Waals surface area contributed by atoms with Gasteiger partial charge in [-0.25, -0.2) is 9.97 Å². The number of hydrogen-bond donors (Lipinski definition) is 0. The van der Waals surface area contributed by atoms with Crippen LogP contribution in [0.2, 0.25) is 0 Å². The molecule has 2 aromatic heterocycles. The number of rotatable bonds is 3. The molecule has 0 atom stereocenters. The Morgan fingerprint density at radius 3 is 1.94 bits per heavy atom. The van der Waals surface area contributed by atoms with Crippen molar-refractivity contribution in [1.29, 1.82) is 0 Å². The van der Waals surface area contributed by atoms with E-state index in [1.165, 1.54) is 5.56 Å². The molecule has 0 saturated carbocycles. The highest BCUT2D eigenvalue weighted by Crippen LogP contribution is 2.37. The Morgan fingerprint density at radius 1 is 0.594 bits per heavy atom. The van der Waals surface area contributed by atoms with Gasteiger partial charge in [-0.2, -0.15) is 0 Å². The fraction of sp³-hybridized carbons (Fsp3) is 0. The third-order valence-corrected chi connectivity index (χ3v) is 6.07. The second-order valence-corrected chi connectivity index (χ2v) is 8.54. The quantitative estimate of drug-likeness (QED) is 0.258. The number of halogens is 1. The SMILES string of the molecule is Brc1ccc2c(c1)oc1c(-c3ccc(-c4ccccc4)cc3)nc(-c3ccccc3)nc12. The third-order valence-electron chi connectivity index (χ3n) is 5.57. The van der Waals surface area contributed by atoms with Gasteiger partial charge in [-0.1, -0.05) is 101 Å². The lowest BCUT2D eigenvalue weighted by molar-refractivity contribution is 0.667. The molecule has 3 nitrogen and oxygen atoms in total. The van der Waals surface area contributed by atoms with Crippen molar-refractivity contribution < 1.29 is 4.42 Å². The van der Waals surface area contributed by atoms with Crippen LogP contribution >= 0.6 is 15.9 Å². The fourth-order valence-corrected chi connectivity index (χ4v) is 4.32. The van der Waals surface area contributed by atoms with E-state index in [9.17, 15) is 0 Å². The van der Waals surface area contributed by atoms with E-state index in [0.717, 1.165) is 43.3 Å². The summed E-state index contributed by atoms with van der Waals surface area (Å²) < 4.78 is 7.24. The molecule has 6 rings (SSSR count). The van der Waals surface area contributed by atoms with Gasteiger partial charge in [-0.15, -0.1) is 0 Å². The van der Waals surface area contributed by atoms with E-state index in [-0.39, 0.29) is 0 Å². The number of benzene rings is 4. The zero-order valence-electron chi connectivity index (χ0n) is 17.0. The highest BCUT2D eigenvalue weighted by atomic mass is 79.9. The number of fused-ring (bicyclic) bond motifs is 3. The van der Waals surface area contributed by atoms with Crippen molar-refractivity contribution in [2.24, 2.45) is 0 Å². The van der Waals surface area contributed by atoms with Crippen LogP contribution in [-0.2, 0) is 0 Å². The Kier molecular flexibility index (Phi) is 4.58. The molecule has 152 valence electrons. The van der Waals surface area contributed by atoms with Gasteiger partial charge in [0.05, 0.1) is 0 Å². The van der Waals surface area contributed by atoms with Gasteiger partial charge in [-0.3, -0.25) is 0 Å². The molecule has 0 amide bonds. The number of hydrogen-bond acceptors (Lipinski definition) is 3. The van der Waals surface area contributed by atoms with Crippen molar-refractivity contribution in [3.05, 3.63) is 108 Å². The predicted octanol–water partition coefficient (Wildman–Crippen LogP) is 8.14. The molecule has 0 aliphatic rings. The third kappa shape index (κ3) is 3.29. The molecule has 0 aliphatic heterocycles. The van der Waals surface area contributed by atoms with E-state index in [4.69, 9.17) is 14.4 Å². The first-order valence-corrected chi connectivity index (χ1v) is 11.2. The summed E-state index contributed by atoms with van der Waals surface area (Å²) in [6.45, 7) is 0. The Balaban J connectivity index is 1.58. The number of nitrogens with zero attached hydrogens (tertiary/aromatic N) is 2. The summed E-state index contributed by atoms with van der Waals surface area (Å²) in [5.41, 5.74) is 7.42. The van der Waals surface area contributed by atoms with Gasteiger partial charge in [0.25, 0.3) is 0 Å². The molecular weight excluding hydrogens is 460 g/mol. The molecule has 0 N–H and O–H groups in total. The monoisotopic (exact) mass is 476 g/mol. The van der Waals surface area contributed by atoms with Gasteiger partial charge in [0.15, 0.2) is 11.4 Å². The van der Waals surface area contributed by atoms with Gasteiger partial charge in [0.1, 0.15) is 16.8 Å². The Bertz CT molecular complexity index is 1560. The molecule has 6 aromatic rings. The molecule has 0 fully saturated rings. The van der Waals surface area contributed by atoms with Crippen LogP contribution in [-0.4, -0.2) is 9.97 Å². The van der Waals surface area contributed by atoms with Crippen LogP contribution in [0.1, 0.15) is 0 Å². The minimum Gasteiger partial charge on any atom is -0.452 e. The maximum Gasteiger partial charge on any atom is 0.180 e. The van der Waals surface area contributed by atoms with E-state index in [0.29, 0.717) is 11.4 Å². The number of aromatic nitrogens is 2. The summed E-state index contributed by atoms with van der Waals surface area (Å²) in [6.07, 6.45) is 0. The predicted molar refractivity (Wildman–Crippen MR) is 133 cm³/mol. The molecule has 2 heterocycles. The van der Waals surface area contributed by atoms with Crippen LogP contribution in [0.3, 0.4) is 0 Å². The molecule has 0 spiro atoms. The summed E-state index contributed by atoms with van der Waals surface area (Å²) in [6, 6.07) is 34.9. The minimum absolute atomic E-state index is 0.686. The van der Waals surface area contributed by atoms with E-state index in [1.54, 1.807) is 0 Å². The molecular formula is C28H17BrN2O. The Morgan fingerprint density at radius 2 is 1.22 bits per heavy atom. The zero-order valence-corrected chi connectivity index (χ0v) is 18.6. The Labute approximate surface area is 193 Å². The Hall–Kier alpha value is -3.76. The van der Waals surface area contributed by atoms with Gasteiger partial charge in [0.2, 0.25) is 0 Å². The lowest BCUT2D eigenvalue weighted by Crippen LogP contribution is -1.93. The van der Waals surface area contributed by atoms with Crippen molar-refractivity contribution >= 4 is 38.0 Å².